The number of anilines is 2. The first-order chi connectivity index (χ1) is 8.28. The van der Waals surface area contributed by atoms with E-state index >= 15 is 0 Å². The Kier molecular flexibility index (Phi) is 3.45. The average molecular weight is 229 g/mol. The molecule has 0 amide bonds. The van der Waals surface area contributed by atoms with Crippen LogP contribution in [0.3, 0.4) is 0 Å². The van der Waals surface area contributed by atoms with Gasteiger partial charge in [0.05, 0.1) is 31.2 Å². The highest BCUT2D eigenvalue weighted by Crippen LogP contribution is 2.17. The van der Waals surface area contributed by atoms with Crippen molar-refractivity contribution in [3.63, 3.8) is 0 Å². The number of benzene rings is 1. The van der Waals surface area contributed by atoms with E-state index in [4.69, 9.17) is 10.5 Å². The zero-order valence-corrected chi connectivity index (χ0v) is 9.68. The van der Waals surface area contributed by atoms with Crippen LogP contribution in [0.5, 0.6) is 5.75 Å². The molecule has 0 radical (unpaired) electrons. The molecular formula is C13H15N3O. The lowest BCUT2D eigenvalue weighted by molar-refractivity contribution is 0.415. The van der Waals surface area contributed by atoms with E-state index in [-0.39, 0.29) is 0 Å². The van der Waals surface area contributed by atoms with Crippen LogP contribution in [0.2, 0.25) is 0 Å². The maximum atomic E-state index is 5.57. The Labute approximate surface area is 100 Å². The first-order valence-corrected chi connectivity index (χ1v) is 5.36. The number of pyridine rings is 1. The van der Waals surface area contributed by atoms with Crippen molar-refractivity contribution >= 4 is 11.4 Å². The standard InChI is InChI=1S/C13H15N3O/c1-17-13-4-2-3-11(7-13)16-9-12-6-5-10(14)8-15-12/h2-8,16H,9,14H2,1H3. The van der Waals surface area contributed by atoms with E-state index in [0.717, 1.165) is 17.1 Å². The molecule has 0 aliphatic rings. The summed E-state index contributed by atoms with van der Waals surface area (Å²) < 4.78 is 5.15. The summed E-state index contributed by atoms with van der Waals surface area (Å²) in [6.45, 7) is 0.660. The lowest BCUT2D eigenvalue weighted by Crippen LogP contribution is -2.02. The van der Waals surface area contributed by atoms with Crippen molar-refractivity contribution in [2.24, 2.45) is 0 Å². The second-order valence-corrected chi connectivity index (χ2v) is 3.67. The predicted octanol–water partition coefficient (Wildman–Crippen LogP) is 2.28. The molecule has 4 nitrogen and oxygen atoms in total. The van der Waals surface area contributed by atoms with Gasteiger partial charge < -0.3 is 15.8 Å². The van der Waals surface area contributed by atoms with Gasteiger partial charge in [0, 0.05) is 11.8 Å². The fraction of sp³-hybridized carbons (Fsp3) is 0.154. The molecule has 0 spiro atoms. The fourth-order valence-electron chi connectivity index (χ4n) is 1.47. The lowest BCUT2D eigenvalue weighted by atomic mass is 10.3. The quantitative estimate of drug-likeness (QED) is 0.844. The van der Waals surface area contributed by atoms with Gasteiger partial charge in [-0.05, 0) is 24.3 Å². The van der Waals surface area contributed by atoms with E-state index in [2.05, 4.69) is 10.3 Å². The first-order valence-electron chi connectivity index (χ1n) is 5.36. The Bertz CT molecular complexity index is 482. The van der Waals surface area contributed by atoms with Crippen molar-refractivity contribution in [3.8, 4) is 5.75 Å². The number of aromatic nitrogens is 1. The largest absolute Gasteiger partial charge is 0.497 e. The molecule has 1 aromatic heterocycles. The summed E-state index contributed by atoms with van der Waals surface area (Å²) in [5.41, 5.74) is 8.20. The molecule has 0 fully saturated rings. The van der Waals surface area contributed by atoms with Crippen molar-refractivity contribution < 1.29 is 4.74 Å². The molecule has 1 heterocycles. The van der Waals surface area contributed by atoms with Gasteiger partial charge in [0.1, 0.15) is 5.75 Å². The third-order valence-electron chi connectivity index (χ3n) is 2.39. The molecule has 0 aliphatic heterocycles. The van der Waals surface area contributed by atoms with Crippen LogP contribution in [-0.4, -0.2) is 12.1 Å². The third-order valence-corrected chi connectivity index (χ3v) is 2.39. The maximum Gasteiger partial charge on any atom is 0.120 e. The van der Waals surface area contributed by atoms with Gasteiger partial charge >= 0.3 is 0 Å². The van der Waals surface area contributed by atoms with Gasteiger partial charge in [-0.25, -0.2) is 0 Å². The van der Waals surface area contributed by atoms with E-state index in [0.29, 0.717) is 12.2 Å². The van der Waals surface area contributed by atoms with Crippen LogP contribution in [0.15, 0.2) is 42.6 Å². The van der Waals surface area contributed by atoms with E-state index in [1.807, 2.05) is 36.4 Å². The number of hydrogen-bond donors (Lipinski definition) is 2. The van der Waals surface area contributed by atoms with Crippen molar-refractivity contribution in [1.29, 1.82) is 0 Å². The predicted molar refractivity (Wildman–Crippen MR) is 69.0 cm³/mol. The van der Waals surface area contributed by atoms with Crippen molar-refractivity contribution in [1.82, 2.24) is 4.98 Å². The number of nitrogen functional groups attached to an aromatic ring is 1. The van der Waals surface area contributed by atoms with Gasteiger partial charge in [-0.15, -0.1) is 0 Å². The zero-order valence-electron chi connectivity index (χ0n) is 9.68. The van der Waals surface area contributed by atoms with Crippen LogP contribution >= 0.6 is 0 Å². The van der Waals surface area contributed by atoms with E-state index < -0.39 is 0 Å². The second-order valence-electron chi connectivity index (χ2n) is 3.67. The molecule has 17 heavy (non-hydrogen) atoms. The highest BCUT2D eigenvalue weighted by atomic mass is 16.5. The molecule has 0 unspecified atom stereocenters. The summed E-state index contributed by atoms with van der Waals surface area (Å²) in [7, 11) is 1.65. The Morgan fingerprint density at radius 2 is 2.18 bits per heavy atom. The van der Waals surface area contributed by atoms with Gasteiger partial charge in [-0.3, -0.25) is 4.98 Å². The molecule has 0 saturated heterocycles. The minimum absolute atomic E-state index is 0.660. The Hall–Kier alpha value is -2.23. The average Bonchev–Trinajstić information content (AvgIpc) is 2.38. The second kappa shape index (κ2) is 5.21. The Morgan fingerprint density at radius 3 is 2.88 bits per heavy atom. The first kappa shape index (κ1) is 11.3. The number of nitrogens with two attached hydrogens (primary N) is 1. The maximum absolute atomic E-state index is 5.57. The van der Waals surface area contributed by atoms with Gasteiger partial charge in [-0.1, -0.05) is 6.07 Å². The molecule has 88 valence electrons. The molecule has 1 aromatic carbocycles. The highest BCUT2D eigenvalue weighted by Gasteiger charge is 1.97. The summed E-state index contributed by atoms with van der Waals surface area (Å²) in [6, 6.07) is 11.5. The number of ether oxygens (including phenoxy) is 1. The molecule has 0 bridgehead atoms. The number of hydrogen-bond acceptors (Lipinski definition) is 4. The summed E-state index contributed by atoms with van der Waals surface area (Å²) in [5.74, 6) is 0.834. The van der Waals surface area contributed by atoms with Crippen molar-refractivity contribution in [2.75, 3.05) is 18.2 Å². The summed E-state index contributed by atoms with van der Waals surface area (Å²) in [6.07, 6.45) is 1.66. The SMILES string of the molecule is COc1cccc(NCc2ccc(N)cn2)c1. The molecule has 0 saturated carbocycles. The number of rotatable bonds is 4. The van der Waals surface area contributed by atoms with Crippen LogP contribution in [-0.2, 0) is 6.54 Å². The van der Waals surface area contributed by atoms with E-state index in [1.165, 1.54) is 0 Å². The summed E-state index contributed by atoms with van der Waals surface area (Å²) in [4.78, 5) is 4.22. The van der Waals surface area contributed by atoms with Crippen LogP contribution in [0.4, 0.5) is 11.4 Å². The molecule has 4 heteroatoms. The van der Waals surface area contributed by atoms with Crippen LogP contribution in [0, 0.1) is 0 Å². The van der Waals surface area contributed by atoms with E-state index in [9.17, 15) is 0 Å². The molecule has 0 atom stereocenters. The van der Waals surface area contributed by atoms with Crippen molar-refractivity contribution in [3.05, 3.63) is 48.3 Å². The third kappa shape index (κ3) is 3.11. The highest BCUT2D eigenvalue weighted by molar-refractivity contribution is 5.48. The molecule has 0 aliphatic carbocycles. The van der Waals surface area contributed by atoms with Crippen LogP contribution < -0.4 is 15.8 Å². The van der Waals surface area contributed by atoms with E-state index in [1.54, 1.807) is 13.3 Å². The zero-order chi connectivity index (χ0) is 12.1. The molecule has 2 aromatic rings. The topological polar surface area (TPSA) is 60.2 Å². The van der Waals surface area contributed by atoms with Crippen LogP contribution in [0.1, 0.15) is 5.69 Å². The smallest absolute Gasteiger partial charge is 0.120 e. The lowest BCUT2D eigenvalue weighted by Gasteiger charge is -2.07. The normalized spacial score (nSPS) is 9.94. The summed E-state index contributed by atoms with van der Waals surface area (Å²) in [5, 5.41) is 3.27. The van der Waals surface area contributed by atoms with Crippen LogP contribution in [0.25, 0.3) is 0 Å². The molecule has 2 rings (SSSR count). The molecular weight excluding hydrogens is 214 g/mol. The van der Waals surface area contributed by atoms with Crippen molar-refractivity contribution in [2.45, 2.75) is 6.54 Å². The van der Waals surface area contributed by atoms with Gasteiger partial charge in [0.15, 0.2) is 0 Å². The fourth-order valence-corrected chi connectivity index (χ4v) is 1.47. The minimum Gasteiger partial charge on any atom is -0.497 e. The number of nitrogens with one attached hydrogen (secondary N) is 1. The Morgan fingerprint density at radius 1 is 1.29 bits per heavy atom. The minimum atomic E-state index is 0.660. The molecule has 3 N–H and O–H groups in total. The Balaban J connectivity index is 1.99. The van der Waals surface area contributed by atoms with Gasteiger partial charge in [0.25, 0.3) is 0 Å². The number of nitrogens with zero attached hydrogens (tertiary/aromatic N) is 1. The summed E-state index contributed by atoms with van der Waals surface area (Å²) >= 11 is 0. The van der Waals surface area contributed by atoms with Gasteiger partial charge in [-0.2, -0.15) is 0 Å². The monoisotopic (exact) mass is 229 g/mol. The van der Waals surface area contributed by atoms with Gasteiger partial charge in [0.2, 0.25) is 0 Å². The number of methoxy groups -OCH3 is 1.